The van der Waals surface area contributed by atoms with Gasteiger partial charge in [0, 0.05) is 18.2 Å². The molecule has 112 valence electrons. The second kappa shape index (κ2) is 7.17. The van der Waals surface area contributed by atoms with Crippen LogP contribution in [0, 0.1) is 17.0 Å². The topological polar surface area (TPSA) is 66.5 Å². The molecule has 1 N–H and O–H groups in total. The molecule has 0 radical (unpaired) electrons. The Bertz CT molecular complexity index is 630. The smallest absolute Gasteiger partial charge is 0.311 e. The third kappa shape index (κ3) is 4.01. The van der Waals surface area contributed by atoms with Crippen LogP contribution in [0.5, 0.6) is 5.75 Å². The van der Waals surface area contributed by atoms with Crippen LogP contribution in [-0.4, -0.2) is 11.0 Å². The van der Waals surface area contributed by atoms with Gasteiger partial charge in [-0.25, -0.2) is 4.98 Å². The second-order valence-electron chi connectivity index (χ2n) is 4.85. The molecule has 21 heavy (non-hydrogen) atoms. The molecule has 0 saturated carbocycles. The first-order chi connectivity index (χ1) is 9.49. The summed E-state index contributed by atoms with van der Waals surface area (Å²) in [6.07, 6.45) is 3.52. The number of hydrogen-bond acceptors (Lipinski definition) is 3. The number of aryl methyl sites for hydroxylation is 1. The number of aromatic amines is 1. The molecule has 5 nitrogen and oxygen atoms in total. The largest absolute Gasteiger partial charge is 1.00 e. The highest BCUT2D eigenvalue weighted by Crippen LogP contribution is 2.35. The van der Waals surface area contributed by atoms with Gasteiger partial charge >= 0.3 is 5.69 Å². The van der Waals surface area contributed by atoms with E-state index in [0.717, 1.165) is 16.7 Å². The van der Waals surface area contributed by atoms with Crippen molar-refractivity contribution in [1.82, 2.24) is 0 Å². The maximum atomic E-state index is 11.1. The molecule has 0 bridgehead atoms. The molecular formula is C15H17BrN2O3. The first kappa shape index (κ1) is 17.1. The third-order valence-corrected chi connectivity index (χ3v) is 2.89. The van der Waals surface area contributed by atoms with Gasteiger partial charge in [-0.3, -0.25) is 10.1 Å². The molecule has 1 aromatic heterocycles. The highest BCUT2D eigenvalue weighted by Gasteiger charge is 2.19. The number of rotatable bonds is 4. The number of nitro groups is 1. The van der Waals surface area contributed by atoms with Gasteiger partial charge in [-0.05, 0) is 43.5 Å². The molecule has 0 saturated heterocycles. The fourth-order valence-electron chi connectivity index (χ4n) is 2.04. The number of halogens is 1. The minimum absolute atomic E-state index is 0. The molecule has 0 spiro atoms. The number of benzene rings is 1. The highest BCUT2D eigenvalue weighted by molar-refractivity contribution is 5.71. The lowest BCUT2D eigenvalue weighted by atomic mass is 10.0. The van der Waals surface area contributed by atoms with Crippen LogP contribution in [0.2, 0.25) is 0 Å². The highest BCUT2D eigenvalue weighted by atomic mass is 79.9. The van der Waals surface area contributed by atoms with Crippen LogP contribution >= 0.6 is 0 Å². The number of nitrogens with one attached hydrogen (secondary N) is 1. The zero-order valence-corrected chi connectivity index (χ0v) is 13.7. The third-order valence-electron chi connectivity index (χ3n) is 2.89. The normalized spacial score (nSPS) is 10.1. The monoisotopic (exact) mass is 352 g/mol. The van der Waals surface area contributed by atoms with E-state index >= 15 is 0 Å². The lowest BCUT2D eigenvalue weighted by Crippen LogP contribution is -3.00. The van der Waals surface area contributed by atoms with Crippen molar-refractivity contribution < 1.29 is 31.6 Å². The summed E-state index contributed by atoms with van der Waals surface area (Å²) >= 11 is 0. The molecule has 0 unspecified atom stereocenters. The first-order valence-corrected chi connectivity index (χ1v) is 6.41. The Hall–Kier alpha value is -1.95. The number of nitrogens with zero attached hydrogens (tertiary/aromatic N) is 1. The van der Waals surface area contributed by atoms with Crippen molar-refractivity contribution in [3.8, 4) is 16.9 Å². The van der Waals surface area contributed by atoms with Gasteiger partial charge in [-0.1, -0.05) is 0 Å². The van der Waals surface area contributed by atoms with Crippen molar-refractivity contribution in [2.45, 2.75) is 26.9 Å². The molecule has 0 atom stereocenters. The summed E-state index contributed by atoms with van der Waals surface area (Å²) in [7, 11) is 0. The lowest BCUT2D eigenvalue weighted by molar-refractivity contribution is -0.386. The van der Waals surface area contributed by atoms with E-state index in [-0.39, 0.29) is 28.8 Å². The van der Waals surface area contributed by atoms with Crippen molar-refractivity contribution in [2.75, 3.05) is 0 Å². The predicted molar refractivity (Wildman–Crippen MR) is 75.6 cm³/mol. The summed E-state index contributed by atoms with van der Waals surface area (Å²) in [5.74, 6) is 0.304. The molecule has 0 fully saturated rings. The van der Waals surface area contributed by atoms with Crippen molar-refractivity contribution in [3.63, 3.8) is 0 Å². The quantitative estimate of drug-likeness (QED) is 0.582. The summed E-state index contributed by atoms with van der Waals surface area (Å²) in [6.45, 7) is 5.56. The number of hydrogen-bond donors (Lipinski definition) is 0. The van der Waals surface area contributed by atoms with Crippen molar-refractivity contribution in [2.24, 2.45) is 0 Å². The Morgan fingerprint density at radius 3 is 2.38 bits per heavy atom. The van der Waals surface area contributed by atoms with Gasteiger partial charge in [0.1, 0.15) is 0 Å². The molecular weight excluding hydrogens is 336 g/mol. The minimum atomic E-state index is -0.409. The standard InChI is InChI=1S/C15H16N2O3.BrH/c1-10(2)20-15-9-13(12-4-6-16-7-5-12)11(3)8-14(15)17(18)19;/h4-10H,1-3H3;1H. The van der Waals surface area contributed by atoms with Gasteiger partial charge in [-0.15, -0.1) is 0 Å². The number of aromatic nitrogens is 1. The van der Waals surface area contributed by atoms with Gasteiger partial charge in [0.15, 0.2) is 18.1 Å². The Balaban J connectivity index is 0.00000220. The summed E-state index contributed by atoms with van der Waals surface area (Å²) in [6, 6.07) is 7.15. The maximum absolute atomic E-state index is 11.1. The molecule has 2 aromatic rings. The van der Waals surface area contributed by atoms with Gasteiger partial charge in [0.2, 0.25) is 0 Å². The Labute approximate surface area is 133 Å². The second-order valence-corrected chi connectivity index (χ2v) is 4.85. The van der Waals surface area contributed by atoms with Gasteiger partial charge < -0.3 is 21.7 Å². The van der Waals surface area contributed by atoms with Crippen LogP contribution in [0.1, 0.15) is 19.4 Å². The van der Waals surface area contributed by atoms with E-state index < -0.39 is 4.92 Å². The maximum Gasteiger partial charge on any atom is 0.311 e. The molecule has 2 rings (SSSR count). The Kier molecular flexibility index (Phi) is 5.84. The average Bonchev–Trinajstić information content (AvgIpc) is 2.40. The Morgan fingerprint density at radius 2 is 1.86 bits per heavy atom. The summed E-state index contributed by atoms with van der Waals surface area (Å²) in [5, 5.41) is 11.1. The van der Waals surface area contributed by atoms with Crippen LogP contribution in [0.25, 0.3) is 11.1 Å². The molecule has 0 amide bonds. The SMILES string of the molecule is Cc1cc([N+](=O)[O-])c(OC(C)C)cc1-c1cc[nH+]cc1.[Br-]. The van der Waals surface area contributed by atoms with E-state index in [1.807, 2.05) is 45.3 Å². The summed E-state index contributed by atoms with van der Waals surface area (Å²) in [5.41, 5.74) is 2.77. The van der Waals surface area contributed by atoms with Crippen molar-refractivity contribution >= 4 is 5.69 Å². The van der Waals surface area contributed by atoms with Crippen molar-refractivity contribution in [3.05, 3.63) is 52.3 Å². The number of ether oxygens (including phenoxy) is 1. The first-order valence-electron chi connectivity index (χ1n) is 6.41. The zero-order valence-electron chi connectivity index (χ0n) is 12.1. The average molecular weight is 353 g/mol. The van der Waals surface area contributed by atoms with E-state index in [1.54, 1.807) is 12.1 Å². The molecule has 0 aliphatic carbocycles. The van der Waals surface area contributed by atoms with Crippen molar-refractivity contribution in [1.29, 1.82) is 0 Å². The zero-order chi connectivity index (χ0) is 14.7. The summed E-state index contributed by atoms with van der Waals surface area (Å²) in [4.78, 5) is 13.7. The predicted octanol–water partition coefficient (Wildman–Crippen LogP) is 0.176. The molecule has 6 heteroatoms. The fraction of sp³-hybridized carbons (Fsp3) is 0.267. The minimum Gasteiger partial charge on any atom is -1.00 e. The molecule has 1 aromatic carbocycles. The van der Waals surface area contributed by atoms with Gasteiger partial charge in [-0.2, -0.15) is 0 Å². The van der Waals surface area contributed by atoms with E-state index in [2.05, 4.69) is 4.98 Å². The fourth-order valence-corrected chi connectivity index (χ4v) is 2.04. The number of H-pyrrole nitrogens is 1. The van der Waals surface area contributed by atoms with E-state index in [1.165, 1.54) is 0 Å². The Morgan fingerprint density at radius 1 is 1.24 bits per heavy atom. The molecule has 0 aliphatic rings. The van der Waals surface area contributed by atoms with Crippen LogP contribution in [0.15, 0.2) is 36.7 Å². The van der Waals surface area contributed by atoms with Crippen LogP contribution in [-0.2, 0) is 0 Å². The summed E-state index contributed by atoms with van der Waals surface area (Å²) < 4.78 is 5.57. The van der Waals surface area contributed by atoms with E-state index in [4.69, 9.17) is 4.74 Å². The van der Waals surface area contributed by atoms with Gasteiger partial charge in [0.05, 0.1) is 11.0 Å². The van der Waals surface area contributed by atoms with Crippen LogP contribution in [0.4, 0.5) is 5.69 Å². The van der Waals surface area contributed by atoms with E-state index in [9.17, 15) is 10.1 Å². The number of pyridine rings is 1. The molecule has 1 heterocycles. The van der Waals surface area contributed by atoms with Crippen LogP contribution < -0.4 is 26.7 Å². The molecule has 0 aliphatic heterocycles. The van der Waals surface area contributed by atoms with E-state index in [0.29, 0.717) is 5.75 Å². The number of nitro benzene ring substituents is 1. The lowest BCUT2D eigenvalue weighted by Gasteiger charge is -2.13. The van der Waals surface area contributed by atoms with Crippen LogP contribution in [0.3, 0.4) is 0 Å². The van der Waals surface area contributed by atoms with Gasteiger partial charge in [0.25, 0.3) is 0 Å².